The Labute approximate surface area is 111 Å². The minimum absolute atomic E-state index is 0.254. The fraction of sp³-hybridized carbons (Fsp3) is 0.571. The van der Waals surface area contributed by atoms with Crippen LogP contribution in [-0.2, 0) is 6.18 Å². The van der Waals surface area contributed by atoms with Gasteiger partial charge in [-0.05, 0) is 31.5 Å². The number of para-hydroxylation sites is 1. The van der Waals surface area contributed by atoms with Crippen molar-refractivity contribution in [3.63, 3.8) is 0 Å². The van der Waals surface area contributed by atoms with Crippen molar-refractivity contribution in [2.24, 2.45) is 0 Å². The Morgan fingerprint density at radius 2 is 2.05 bits per heavy atom. The van der Waals surface area contributed by atoms with Crippen LogP contribution < -0.4 is 10.2 Å². The summed E-state index contributed by atoms with van der Waals surface area (Å²) in [6.45, 7) is 4.21. The van der Waals surface area contributed by atoms with Crippen LogP contribution in [0.2, 0.25) is 0 Å². The first kappa shape index (κ1) is 14.2. The summed E-state index contributed by atoms with van der Waals surface area (Å²) in [5.74, 6) is 0. The van der Waals surface area contributed by atoms with Gasteiger partial charge in [-0.25, -0.2) is 0 Å². The van der Waals surface area contributed by atoms with Crippen LogP contribution >= 0.6 is 0 Å². The number of anilines is 1. The van der Waals surface area contributed by atoms with Crippen LogP contribution in [-0.4, -0.2) is 25.7 Å². The number of rotatable bonds is 2. The van der Waals surface area contributed by atoms with Crippen molar-refractivity contribution in [2.75, 3.05) is 24.5 Å². The first-order valence-corrected chi connectivity index (χ1v) is 6.67. The maximum atomic E-state index is 13.0. The van der Waals surface area contributed by atoms with Gasteiger partial charge >= 0.3 is 6.18 Å². The van der Waals surface area contributed by atoms with Gasteiger partial charge in [-0.3, -0.25) is 0 Å². The molecule has 19 heavy (non-hydrogen) atoms. The smallest absolute Gasteiger partial charge is 0.369 e. The molecule has 0 bridgehead atoms. The zero-order chi connectivity index (χ0) is 13.9. The highest BCUT2D eigenvalue weighted by Gasteiger charge is 2.35. The van der Waals surface area contributed by atoms with Crippen molar-refractivity contribution in [2.45, 2.75) is 32.0 Å². The maximum absolute atomic E-state index is 13.0. The first-order valence-electron chi connectivity index (χ1n) is 6.67. The number of hydrogen-bond acceptors (Lipinski definition) is 2. The number of alkyl halides is 3. The molecular weight excluding hydrogens is 253 g/mol. The highest BCUT2D eigenvalue weighted by atomic mass is 19.4. The lowest BCUT2D eigenvalue weighted by atomic mass is 10.1. The fourth-order valence-corrected chi connectivity index (χ4v) is 2.48. The summed E-state index contributed by atoms with van der Waals surface area (Å²) in [4.78, 5) is 1.86. The van der Waals surface area contributed by atoms with Crippen LogP contribution in [0.15, 0.2) is 24.3 Å². The molecule has 0 spiro atoms. The zero-order valence-electron chi connectivity index (χ0n) is 11.0. The summed E-state index contributed by atoms with van der Waals surface area (Å²) >= 11 is 0. The molecule has 1 aliphatic heterocycles. The normalized spacial score (nSPS) is 21.3. The third-order valence-corrected chi connectivity index (χ3v) is 3.52. The molecule has 0 aliphatic carbocycles. The zero-order valence-corrected chi connectivity index (χ0v) is 11.0. The minimum atomic E-state index is -4.29. The van der Waals surface area contributed by atoms with E-state index in [2.05, 4.69) is 12.2 Å². The van der Waals surface area contributed by atoms with E-state index in [9.17, 15) is 13.2 Å². The molecule has 0 aromatic heterocycles. The summed E-state index contributed by atoms with van der Waals surface area (Å²) in [6.07, 6.45) is -2.51. The van der Waals surface area contributed by atoms with E-state index >= 15 is 0 Å². The molecule has 0 saturated carbocycles. The van der Waals surface area contributed by atoms with Gasteiger partial charge in [0.15, 0.2) is 0 Å². The lowest BCUT2D eigenvalue weighted by Crippen LogP contribution is -2.37. The monoisotopic (exact) mass is 272 g/mol. The number of hydrogen-bond donors (Lipinski definition) is 1. The maximum Gasteiger partial charge on any atom is 0.418 e. The van der Waals surface area contributed by atoms with Crippen molar-refractivity contribution in [3.8, 4) is 0 Å². The van der Waals surface area contributed by atoms with Crippen LogP contribution in [0.25, 0.3) is 0 Å². The van der Waals surface area contributed by atoms with Gasteiger partial charge in [0.1, 0.15) is 0 Å². The lowest BCUT2D eigenvalue weighted by molar-refractivity contribution is -0.137. The van der Waals surface area contributed by atoms with E-state index in [1.807, 2.05) is 4.90 Å². The van der Waals surface area contributed by atoms with Crippen molar-refractivity contribution < 1.29 is 13.2 Å². The van der Waals surface area contributed by atoms with Crippen molar-refractivity contribution in [3.05, 3.63) is 29.8 Å². The van der Waals surface area contributed by atoms with Gasteiger partial charge in [0.05, 0.1) is 5.56 Å². The topological polar surface area (TPSA) is 15.3 Å². The third kappa shape index (κ3) is 3.41. The highest BCUT2D eigenvalue weighted by Crippen LogP contribution is 2.36. The predicted octanol–water partition coefficient (Wildman–Crippen LogP) is 3.28. The molecule has 1 aromatic carbocycles. The molecule has 2 nitrogen and oxygen atoms in total. The standard InChI is InChI=1S/C14H19F3N2/c1-2-11-10-19(9-5-8-18-11)13-7-4-3-6-12(13)14(15,16)17/h3-4,6-7,11,18H,2,5,8-10H2,1H3. The summed E-state index contributed by atoms with van der Waals surface area (Å²) in [7, 11) is 0. The van der Waals surface area contributed by atoms with Gasteiger partial charge in [-0.15, -0.1) is 0 Å². The molecule has 1 atom stereocenters. The molecule has 1 N–H and O–H groups in total. The molecular formula is C14H19F3N2. The van der Waals surface area contributed by atoms with Crippen LogP contribution in [0.1, 0.15) is 25.3 Å². The molecule has 1 aromatic rings. The van der Waals surface area contributed by atoms with E-state index in [0.717, 1.165) is 25.5 Å². The second kappa shape index (κ2) is 5.82. The molecule has 5 heteroatoms. The summed E-state index contributed by atoms with van der Waals surface area (Å²) in [5, 5.41) is 3.37. The van der Waals surface area contributed by atoms with E-state index in [0.29, 0.717) is 18.8 Å². The van der Waals surface area contributed by atoms with Gasteiger partial charge in [-0.2, -0.15) is 13.2 Å². The second-order valence-electron chi connectivity index (χ2n) is 4.87. The molecule has 0 amide bonds. The molecule has 106 valence electrons. The minimum Gasteiger partial charge on any atom is -0.369 e. The molecule has 2 rings (SSSR count). The highest BCUT2D eigenvalue weighted by molar-refractivity contribution is 5.55. The van der Waals surface area contributed by atoms with Crippen LogP contribution in [0.4, 0.5) is 18.9 Å². The van der Waals surface area contributed by atoms with Gasteiger partial charge in [0.25, 0.3) is 0 Å². The number of nitrogens with zero attached hydrogens (tertiary/aromatic N) is 1. The van der Waals surface area contributed by atoms with Crippen molar-refractivity contribution in [1.29, 1.82) is 0 Å². The summed E-state index contributed by atoms with van der Waals surface area (Å²) in [5.41, 5.74) is -0.232. The Balaban J connectivity index is 2.29. The van der Waals surface area contributed by atoms with Crippen LogP contribution in [0.3, 0.4) is 0 Å². The average molecular weight is 272 g/mol. The Kier molecular flexibility index (Phi) is 4.34. The van der Waals surface area contributed by atoms with Crippen LogP contribution in [0, 0.1) is 0 Å². The van der Waals surface area contributed by atoms with Crippen molar-refractivity contribution >= 4 is 5.69 Å². The summed E-state index contributed by atoms with van der Waals surface area (Å²) in [6, 6.07) is 6.10. The number of nitrogens with one attached hydrogen (secondary N) is 1. The molecule has 1 heterocycles. The molecule has 1 aliphatic rings. The fourth-order valence-electron chi connectivity index (χ4n) is 2.48. The molecule has 0 radical (unpaired) electrons. The van der Waals surface area contributed by atoms with Gasteiger partial charge < -0.3 is 10.2 Å². The number of benzene rings is 1. The van der Waals surface area contributed by atoms with E-state index in [4.69, 9.17) is 0 Å². The molecule has 1 saturated heterocycles. The van der Waals surface area contributed by atoms with Gasteiger partial charge in [0.2, 0.25) is 0 Å². The van der Waals surface area contributed by atoms with E-state index in [1.54, 1.807) is 12.1 Å². The summed E-state index contributed by atoms with van der Waals surface area (Å²) < 4.78 is 39.1. The first-order chi connectivity index (χ1) is 9.02. The Morgan fingerprint density at radius 1 is 1.32 bits per heavy atom. The largest absolute Gasteiger partial charge is 0.418 e. The quantitative estimate of drug-likeness (QED) is 0.888. The van der Waals surface area contributed by atoms with Gasteiger partial charge in [0, 0.05) is 24.8 Å². The SMILES string of the molecule is CCC1CN(c2ccccc2C(F)(F)F)CCCN1. The van der Waals surface area contributed by atoms with E-state index in [-0.39, 0.29) is 6.04 Å². The lowest BCUT2D eigenvalue weighted by Gasteiger charge is -2.28. The Bertz CT molecular complexity index is 417. The molecule has 1 fully saturated rings. The van der Waals surface area contributed by atoms with Crippen LogP contribution in [0.5, 0.6) is 0 Å². The second-order valence-corrected chi connectivity index (χ2v) is 4.87. The van der Waals surface area contributed by atoms with Crippen molar-refractivity contribution in [1.82, 2.24) is 5.32 Å². The number of halogens is 3. The van der Waals surface area contributed by atoms with E-state index < -0.39 is 11.7 Å². The Morgan fingerprint density at radius 3 is 2.74 bits per heavy atom. The predicted molar refractivity (Wildman–Crippen MR) is 70.4 cm³/mol. The Hall–Kier alpha value is -1.23. The van der Waals surface area contributed by atoms with E-state index in [1.165, 1.54) is 6.07 Å². The average Bonchev–Trinajstić information content (AvgIpc) is 2.63. The molecule has 1 unspecified atom stereocenters. The third-order valence-electron chi connectivity index (χ3n) is 3.52. The van der Waals surface area contributed by atoms with Gasteiger partial charge in [-0.1, -0.05) is 19.1 Å².